The van der Waals surface area contributed by atoms with Gasteiger partial charge < -0.3 is 11.1 Å². The molecule has 3 aromatic rings. The molecule has 0 fully saturated rings. The van der Waals surface area contributed by atoms with E-state index in [9.17, 15) is 14.0 Å². The number of nitrogens with one attached hydrogen (secondary N) is 1. The van der Waals surface area contributed by atoms with Crippen LogP contribution in [-0.2, 0) is 0 Å². The lowest BCUT2D eigenvalue weighted by atomic mass is 9.91. The van der Waals surface area contributed by atoms with E-state index in [1.54, 1.807) is 42.6 Å². The Hall–Kier alpha value is -3.54. The number of fused-ring (bicyclic) bond motifs is 1. The van der Waals surface area contributed by atoms with E-state index in [0.717, 1.165) is 16.7 Å². The Bertz CT molecular complexity index is 1050. The van der Waals surface area contributed by atoms with Crippen LogP contribution in [0.15, 0.2) is 60.8 Å². The number of carbonyl (C=O) groups is 2. The molecule has 1 aliphatic heterocycles. The number of ketones is 1. The minimum atomic E-state index is -0.526. The van der Waals surface area contributed by atoms with Crippen molar-refractivity contribution in [2.75, 3.05) is 11.9 Å². The first-order chi connectivity index (χ1) is 13.0. The Morgan fingerprint density at radius 2 is 1.81 bits per heavy atom. The molecule has 0 saturated heterocycles. The Balaban J connectivity index is 1.69. The SMILES string of the molecule is NC(=O)c1ccc(-c2cnc3c(c2)C(C(=O)c2ccccc2F)CN3)cc1. The van der Waals surface area contributed by atoms with Crippen LogP contribution in [0.25, 0.3) is 11.1 Å². The summed E-state index contributed by atoms with van der Waals surface area (Å²) < 4.78 is 14.0. The lowest BCUT2D eigenvalue weighted by molar-refractivity contribution is 0.0961. The van der Waals surface area contributed by atoms with Crippen molar-refractivity contribution in [3.8, 4) is 11.1 Å². The maximum absolute atomic E-state index is 14.0. The summed E-state index contributed by atoms with van der Waals surface area (Å²) in [7, 11) is 0. The third-order valence-electron chi connectivity index (χ3n) is 4.72. The fraction of sp³-hybridized carbons (Fsp3) is 0.0952. The number of aromatic nitrogens is 1. The zero-order valence-electron chi connectivity index (χ0n) is 14.3. The third kappa shape index (κ3) is 3.06. The maximum Gasteiger partial charge on any atom is 0.248 e. The molecule has 3 N–H and O–H groups in total. The van der Waals surface area contributed by atoms with E-state index in [1.807, 2.05) is 6.07 Å². The lowest BCUT2D eigenvalue weighted by Crippen LogP contribution is -2.16. The Labute approximate surface area is 155 Å². The predicted octanol–water partition coefficient (Wildman–Crippen LogP) is 3.38. The summed E-state index contributed by atoms with van der Waals surface area (Å²) >= 11 is 0. The van der Waals surface area contributed by atoms with Crippen molar-refractivity contribution in [2.24, 2.45) is 5.73 Å². The van der Waals surface area contributed by atoms with Gasteiger partial charge in [-0.05, 0) is 35.9 Å². The normalized spacial score (nSPS) is 15.1. The van der Waals surface area contributed by atoms with Crippen LogP contribution in [-0.4, -0.2) is 23.2 Å². The van der Waals surface area contributed by atoms with Crippen molar-refractivity contribution < 1.29 is 14.0 Å². The second kappa shape index (κ2) is 6.64. The number of hydrogen-bond donors (Lipinski definition) is 2. The first kappa shape index (κ1) is 16.9. The predicted molar refractivity (Wildman–Crippen MR) is 100 cm³/mol. The van der Waals surface area contributed by atoms with Gasteiger partial charge in [-0.1, -0.05) is 24.3 Å². The third-order valence-corrected chi connectivity index (χ3v) is 4.72. The molecule has 1 aromatic heterocycles. The van der Waals surface area contributed by atoms with Gasteiger partial charge >= 0.3 is 0 Å². The average Bonchev–Trinajstić information content (AvgIpc) is 3.11. The molecule has 6 heteroatoms. The molecule has 0 aliphatic carbocycles. The van der Waals surface area contributed by atoms with Crippen LogP contribution in [0.2, 0.25) is 0 Å². The molecule has 1 amide bonds. The number of rotatable bonds is 4. The van der Waals surface area contributed by atoms with E-state index in [1.165, 1.54) is 12.1 Å². The maximum atomic E-state index is 14.0. The zero-order valence-corrected chi connectivity index (χ0v) is 14.3. The van der Waals surface area contributed by atoms with Crippen LogP contribution in [0.4, 0.5) is 10.2 Å². The summed E-state index contributed by atoms with van der Waals surface area (Å²) in [5.74, 6) is -1.17. The molecule has 0 radical (unpaired) electrons. The van der Waals surface area contributed by atoms with Gasteiger partial charge in [0, 0.05) is 29.4 Å². The van der Waals surface area contributed by atoms with Crippen molar-refractivity contribution in [1.29, 1.82) is 0 Å². The molecule has 134 valence electrons. The van der Waals surface area contributed by atoms with E-state index in [0.29, 0.717) is 17.9 Å². The quantitative estimate of drug-likeness (QED) is 0.698. The van der Waals surface area contributed by atoms with Crippen LogP contribution >= 0.6 is 0 Å². The smallest absolute Gasteiger partial charge is 0.248 e. The lowest BCUT2D eigenvalue weighted by Gasteiger charge is -2.11. The summed E-state index contributed by atoms with van der Waals surface area (Å²) in [5, 5.41) is 3.11. The molecular formula is C21H16FN3O2. The number of anilines is 1. The topological polar surface area (TPSA) is 85.1 Å². The molecule has 1 aliphatic rings. The first-order valence-corrected chi connectivity index (χ1v) is 8.47. The van der Waals surface area contributed by atoms with Crippen LogP contribution < -0.4 is 11.1 Å². The number of benzene rings is 2. The van der Waals surface area contributed by atoms with Crippen LogP contribution in [0.5, 0.6) is 0 Å². The van der Waals surface area contributed by atoms with E-state index in [4.69, 9.17) is 5.73 Å². The molecule has 27 heavy (non-hydrogen) atoms. The van der Waals surface area contributed by atoms with Gasteiger partial charge in [0.25, 0.3) is 0 Å². The zero-order chi connectivity index (χ0) is 19.0. The van der Waals surface area contributed by atoms with Gasteiger partial charge in [-0.15, -0.1) is 0 Å². The molecule has 0 saturated carbocycles. The minimum absolute atomic E-state index is 0.0772. The van der Waals surface area contributed by atoms with Crippen molar-refractivity contribution in [2.45, 2.75) is 5.92 Å². The first-order valence-electron chi connectivity index (χ1n) is 8.47. The summed E-state index contributed by atoms with van der Waals surface area (Å²) in [6.45, 7) is 0.375. The summed E-state index contributed by atoms with van der Waals surface area (Å²) in [4.78, 5) is 28.4. The fourth-order valence-electron chi connectivity index (χ4n) is 3.27. The molecule has 2 heterocycles. The number of nitrogens with zero attached hydrogens (tertiary/aromatic N) is 1. The van der Waals surface area contributed by atoms with Gasteiger partial charge in [-0.2, -0.15) is 0 Å². The molecule has 5 nitrogen and oxygen atoms in total. The number of primary amides is 1. The standard InChI is InChI=1S/C21H16FN3O2/c22-18-4-2-1-3-15(18)19(26)17-11-25-21-16(17)9-14(10-24-21)12-5-7-13(8-6-12)20(23)27/h1-10,17H,11H2,(H2,23,27)(H,24,25). The average molecular weight is 361 g/mol. The van der Waals surface area contributed by atoms with Crippen LogP contribution in [0.3, 0.4) is 0 Å². The second-order valence-electron chi connectivity index (χ2n) is 6.38. The van der Waals surface area contributed by atoms with E-state index < -0.39 is 17.6 Å². The molecule has 0 bridgehead atoms. The van der Waals surface area contributed by atoms with Gasteiger partial charge in [-0.25, -0.2) is 9.37 Å². The number of pyridine rings is 1. The van der Waals surface area contributed by atoms with E-state index >= 15 is 0 Å². The van der Waals surface area contributed by atoms with Gasteiger partial charge in [0.1, 0.15) is 11.6 Å². The van der Waals surface area contributed by atoms with Crippen molar-refractivity contribution in [3.05, 3.63) is 83.3 Å². The number of nitrogens with two attached hydrogens (primary N) is 1. The van der Waals surface area contributed by atoms with E-state index in [2.05, 4.69) is 10.3 Å². The fourth-order valence-corrected chi connectivity index (χ4v) is 3.27. The number of amides is 1. The summed E-state index contributed by atoms with van der Waals surface area (Å²) in [5.41, 5.74) is 8.15. The van der Waals surface area contributed by atoms with Crippen molar-refractivity contribution in [1.82, 2.24) is 4.98 Å². The Kier molecular flexibility index (Phi) is 4.16. The van der Waals surface area contributed by atoms with Crippen LogP contribution in [0.1, 0.15) is 32.2 Å². The van der Waals surface area contributed by atoms with Gasteiger partial charge in [-0.3, -0.25) is 9.59 Å². The molecule has 1 atom stereocenters. The highest BCUT2D eigenvalue weighted by atomic mass is 19.1. The minimum Gasteiger partial charge on any atom is -0.369 e. The Morgan fingerprint density at radius 1 is 1.07 bits per heavy atom. The largest absolute Gasteiger partial charge is 0.369 e. The number of carbonyl (C=O) groups excluding carboxylic acids is 2. The summed E-state index contributed by atoms with van der Waals surface area (Å²) in [6, 6.07) is 14.7. The monoisotopic (exact) mass is 361 g/mol. The molecular weight excluding hydrogens is 345 g/mol. The van der Waals surface area contributed by atoms with Crippen LogP contribution in [0, 0.1) is 5.82 Å². The second-order valence-corrected chi connectivity index (χ2v) is 6.38. The number of hydrogen-bond acceptors (Lipinski definition) is 4. The van der Waals surface area contributed by atoms with Gasteiger partial charge in [0.2, 0.25) is 5.91 Å². The Morgan fingerprint density at radius 3 is 2.52 bits per heavy atom. The molecule has 0 spiro atoms. The number of Topliss-reactive ketones (excluding diaryl/α,β-unsaturated/α-hetero) is 1. The highest BCUT2D eigenvalue weighted by Gasteiger charge is 2.31. The number of halogens is 1. The van der Waals surface area contributed by atoms with E-state index in [-0.39, 0.29) is 11.3 Å². The van der Waals surface area contributed by atoms with Crippen molar-refractivity contribution >= 4 is 17.5 Å². The van der Waals surface area contributed by atoms with Crippen molar-refractivity contribution in [3.63, 3.8) is 0 Å². The van der Waals surface area contributed by atoms with Gasteiger partial charge in [0.15, 0.2) is 5.78 Å². The molecule has 2 aromatic carbocycles. The van der Waals surface area contributed by atoms with Gasteiger partial charge in [0.05, 0.1) is 11.5 Å². The molecule has 4 rings (SSSR count). The highest BCUT2D eigenvalue weighted by Crippen LogP contribution is 2.35. The summed E-state index contributed by atoms with van der Waals surface area (Å²) in [6.07, 6.45) is 1.70. The molecule has 1 unspecified atom stereocenters. The highest BCUT2D eigenvalue weighted by molar-refractivity contribution is 6.03.